The van der Waals surface area contributed by atoms with Crippen LogP contribution in [-0.2, 0) is 0 Å². The molecule has 0 unspecified atom stereocenters. The molecule has 1 aromatic rings. The molecule has 0 fully saturated rings. The first-order valence-corrected chi connectivity index (χ1v) is 3.78. The van der Waals surface area contributed by atoms with Gasteiger partial charge in [-0.05, 0) is 19.1 Å². The lowest BCUT2D eigenvalue weighted by Gasteiger charge is -1.99. The molecule has 2 N–H and O–H groups in total. The van der Waals surface area contributed by atoms with Crippen LogP contribution in [0.2, 0.25) is 0 Å². The molecule has 3 heteroatoms. The van der Waals surface area contributed by atoms with Crippen molar-refractivity contribution >= 4 is 11.4 Å². The summed E-state index contributed by atoms with van der Waals surface area (Å²) >= 11 is 0. The van der Waals surface area contributed by atoms with Gasteiger partial charge in [0.25, 0.3) is 0 Å². The number of benzene rings is 1. The van der Waals surface area contributed by atoms with Crippen LogP contribution < -0.4 is 5.43 Å². The van der Waals surface area contributed by atoms with Crippen LogP contribution in [0.3, 0.4) is 0 Å². The second kappa shape index (κ2) is 4.51. The highest BCUT2D eigenvalue weighted by Crippen LogP contribution is 2.04. The van der Waals surface area contributed by atoms with Crippen LogP contribution >= 0.6 is 0 Å². The fraction of sp³-hybridized carbons (Fsp3) is 0.222. The smallest absolute Gasteiger partial charge is 0.0828 e. The molecule has 3 nitrogen and oxygen atoms in total. The van der Waals surface area contributed by atoms with Crippen LogP contribution in [-0.4, -0.2) is 17.4 Å². The van der Waals surface area contributed by atoms with Crippen molar-refractivity contribution in [3.8, 4) is 0 Å². The highest BCUT2D eigenvalue weighted by atomic mass is 16.3. The molecule has 1 aromatic carbocycles. The lowest BCUT2D eigenvalue weighted by atomic mass is 10.3. The van der Waals surface area contributed by atoms with E-state index in [-0.39, 0.29) is 6.61 Å². The van der Waals surface area contributed by atoms with Gasteiger partial charge in [-0.15, -0.1) is 0 Å². The van der Waals surface area contributed by atoms with Crippen LogP contribution in [0, 0.1) is 0 Å². The first kappa shape index (κ1) is 8.74. The van der Waals surface area contributed by atoms with Gasteiger partial charge in [0.15, 0.2) is 0 Å². The Bertz CT molecular complexity index is 256. The van der Waals surface area contributed by atoms with E-state index in [0.29, 0.717) is 5.71 Å². The van der Waals surface area contributed by atoms with Crippen molar-refractivity contribution in [3.05, 3.63) is 30.3 Å². The van der Waals surface area contributed by atoms with E-state index in [0.717, 1.165) is 5.69 Å². The number of hydrogen-bond donors (Lipinski definition) is 2. The molecule has 64 valence electrons. The molecule has 0 aliphatic rings. The number of aliphatic hydroxyl groups excluding tert-OH is 1. The minimum atomic E-state index is -0.0141. The third-order valence-corrected chi connectivity index (χ3v) is 1.38. The van der Waals surface area contributed by atoms with E-state index in [9.17, 15) is 0 Å². The second-order valence-electron chi connectivity index (χ2n) is 2.48. The largest absolute Gasteiger partial charge is 0.390 e. The zero-order valence-electron chi connectivity index (χ0n) is 6.99. The van der Waals surface area contributed by atoms with Gasteiger partial charge < -0.3 is 5.11 Å². The quantitative estimate of drug-likeness (QED) is 0.525. The summed E-state index contributed by atoms with van der Waals surface area (Å²) in [5, 5.41) is 12.6. The number of nitrogens with zero attached hydrogens (tertiary/aromatic N) is 1. The Morgan fingerprint density at radius 2 is 2.08 bits per heavy atom. The Hall–Kier alpha value is -1.35. The van der Waals surface area contributed by atoms with E-state index >= 15 is 0 Å². The van der Waals surface area contributed by atoms with Gasteiger partial charge in [-0.25, -0.2) is 0 Å². The van der Waals surface area contributed by atoms with Crippen molar-refractivity contribution < 1.29 is 5.11 Å². The maximum Gasteiger partial charge on any atom is 0.0828 e. The van der Waals surface area contributed by atoms with Crippen LogP contribution in [0.15, 0.2) is 35.4 Å². The maximum absolute atomic E-state index is 8.64. The normalized spacial score (nSPS) is 11.3. The van der Waals surface area contributed by atoms with Crippen LogP contribution in [0.25, 0.3) is 0 Å². The Morgan fingerprint density at radius 3 is 2.67 bits per heavy atom. The third kappa shape index (κ3) is 2.72. The lowest BCUT2D eigenvalue weighted by molar-refractivity contribution is 0.356. The molecule has 0 saturated carbocycles. The number of hydrogen-bond acceptors (Lipinski definition) is 3. The monoisotopic (exact) mass is 164 g/mol. The Kier molecular flexibility index (Phi) is 3.29. The van der Waals surface area contributed by atoms with Gasteiger partial charge in [0, 0.05) is 0 Å². The van der Waals surface area contributed by atoms with E-state index in [1.54, 1.807) is 6.92 Å². The molecule has 0 heterocycles. The molecule has 0 aliphatic heterocycles. The second-order valence-corrected chi connectivity index (χ2v) is 2.48. The minimum absolute atomic E-state index is 0.0141. The lowest BCUT2D eigenvalue weighted by Crippen LogP contribution is -2.01. The van der Waals surface area contributed by atoms with E-state index in [1.807, 2.05) is 30.3 Å². The van der Waals surface area contributed by atoms with Crippen LogP contribution in [0.1, 0.15) is 6.92 Å². The fourth-order valence-corrected chi connectivity index (χ4v) is 0.708. The van der Waals surface area contributed by atoms with Crippen LogP contribution in [0.5, 0.6) is 0 Å². The summed E-state index contributed by atoms with van der Waals surface area (Å²) in [6, 6.07) is 9.61. The summed E-state index contributed by atoms with van der Waals surface area (Å²) < 4.78 is 0. The molecule has 0 radical (unpaired) electrons. The molecule has 0 spiro atoms. The summed E-state index contributed by atoms with van der Waals surface area (Å²) in [6.45, 7) is 1.75. The van der Waals surface area contributed by atoms with Gasteiger partial charge in [-0.2, -0.15) is 5.10 Å². The van der Waals surface area contributed by atoms with Crippen molar-refractivity contribution in [1.82, 2.24) is 0 Å². The average Bonchev–Trinajstić information content (AvgIpc) is 2.16. The molecular formula is C9H12N2O. The molecule has 0 aliphatic carbocycles. The van der Waals surface area contributed by atoms with Gasteiger partial charge in [0.2, 0.25) is 0 Å². The van der Waals surface area contributed by atoms with Gasteiger partial charge in [-0.3, -0.25) is 5.43 Å². The molecular weight excluding hydrogens is 152 g/mol. The highest BCUT2D eigenvalue weighted by Gasteiger charge is 1.87. The molecule has 1 rings (SSSR count). The van der Waals surface area contributed by atoms with Crippen molar-refractivity contribution in [1.29, 1.82) is 0 Å². The number of anilines is 1. The molecule has 0 aromatic heterocycles. The fourth-order valence-electron chi connectivity index (χ4n) is 0.708. The number of para-hydroxylation sites is 1. The topological polar surface area (TPSA) is 44.6 Å². The standard InChI is InChI=1S/C9H12N2O/c1-8(7-12)10-11-9-5-3-2-4-6-9/h2-6,11-12H,7H2,1H3/b10-8+. The average molecular weight is 164 g/mol. The summed E-state index contributed by atoms with van der Waals surface area (Å²) in [5.74, 6) is 0. The molecule has 0 bridgehead atoms. The molecule has 12 heavy (non-hydrogen) atoms. The summed E-state index contributed by atoms with van der Waals surface area (Å²) in [5.41, 5.74) is 4.41. The van der Waals surface area contributed by atoms with Crippen molar-refractivity contribution in [3.63, 3.8) is 0 Å². The van der Waals surface area contributed by atoms with Gasteiger partial charge in [0.1, 0.15) is 0 Å². The molecule has 0 amide bonds. The predicted molar refractivity (Wildman–Crippen MR) is 50.3 cm³/mol. The Labute approximate surface area is 71.7 Å². The SMILES string of the molecule is C/C(CO)=N\Nc1ccccc1. The van der Waals surface area contributed by atoms with Gasteiger partial charge in [-0.1, -0.05) is 18.2 Å². The zero-order valence-corrected chi connectivity index (χ0v) is 6.99. The Morgan fingerprint density at radius 1 is 1.42 bits per heavy atom. The van der Waals surface area contributed by atoms with Crippen molar-refractivity contribution in [2.75, 3.05) is 12.0 Å². The van der Waals surface area contributed by atoms with Crippen molar-refractivity contribution in [2.45, 2.75) is 6.92 Å². The van der Waals surface area contributed by atoms with E-state index in [1.165, 1.54) is 0 Å². The zero-order chi connectivity index (χ0) is 8.81. The van der Waals surface area contributed by atoms with Gasteiger partial charge >= 0.3 is 0 Å². The van der Waals surface area contributed by atoms with E-state index in [4.69, 9.17) is 5.11 Å². The van der Waals surface area contributed by atoms with E-state index < -0.39 is 0 Å². The first-order valence-electron chi connectivity index (χ1n) is 3.78. The number of rotatable bonds is 3. The van der Waals surface area contributed by atoms with E-state index in [2.05, 4.69) is 10.5 Å². The summed E-state index contributed by atoms with van der Waals surface area (Å²) in [6.07, 6.45) is 0. The maximum atomic E-state index is 8.64. The third-order valence-electron chi connectivity index (χ3n) is 1.38. The minimum Gasteiger partial charge on any atom is -0.390 e. The van der Waals surface area contributed by atoms with Gasteiger partial charge in [0.05, 0.1) is 18.0 Å². The summed E-state index contributed by atoms with van der Waals surface area (Å²) in [4.78, 5) is 0. The van der Waals surface area contributed by atoms with Crippen LogP contribution in [0.4, 0.5) is 5.69 Å². The highest BCUT2D eigenvalue weighted by molar-refractivity contribution is 5.83. The van der Waals surface area contributed by atoms with Crippen molar-refractivity contribution in [2.24, 2.45) is 5.10 Å². The first-order chi connectivity index (χ1) is 5.83. The number of nitrogens with one attached hydrogen (secondary N) is 1. The summed E-state index contributed by atoms with van der Waals surface area (Å²) in [7, 11) is 0. The molecule has 0 atom stereocenters. The number of aliphatic hydroxyl groups is 1. The molecule has 0 saturated heterocycles. The number of hydrazone groups is 1. The predicted octanol–water partition coefficient (Wildman–Crippen LogP) is 1.47. The Balaban J connectivity index is 2.54.